The molecule has 0 fully saturated rings. The van der Waals surface area contributed by atoms with E-state index in [4.69, 9.17) is 9.52 Å². The summed E-state index contributed by atoms with van der Waals surface area (Å²) in [5.74, 6) is -0.557. The standard InChI is InChI=1S/C10H8N2O5S/c13-9(14)3-4-18-10-11-7-2-1-6(12(15)16)5-8(7)17-10/h1-2,5H,3-4H2,(H,13,14). The Kier molecular flexibility index (Phi) is 3.47. The van der Waals surface area contributed by atoms with Crippen LogP contribution in [0.5, 0.6) is 0 Å². The lowest BCUT2D eigenvalue weighted by molar-refractivity contribution is -0.384. The molecule has 0 radical (unpaired) electrons. The Labute approximate surface area is 105 Å². The van der Waals surface area contributed by atoms with Crippen LogP contribution in [0.15, 0.2) is 27.8 Å². The molecule has 7 nitrogen and oxygen atoms in total. The molecule has 94 valence electrons. The normalized spacial score (nSPS) is 10.7. The number of nitro benzene ring substituents is 1. The van der Waals surface area contributed by atoms with Crippen molar-refractivity contribution in [3.8, 4) is 0 Å². The molecule has 1 heterocycles. The van der Waals surface area contributed by atoms with Crippen molar-refractivity contribution >= 4 is 34.5 Å². The van der Waals surface area contributed by atoms with Gasteiger partial charge in [-0.1, -0.05) is 11.8 Å². The van der Waals surface area contributed by atoms with Gasteiger partial charge in [0.25, 0.3) is 10.9 Å². The molecule has 0 saturated carbocycles. The third kappa shape index (κ3) is 2.77. The van der Waals surface area contributed by atoms with Gasteiger partial charge in [-0.05, 0) is 6.07 Å². The molecule has 2 rings (SSSR count). The van der Waals surface area contributed by atoms with E-state index in [1.165, 1.54) is 18.2 Å². The van der Waals surface area contributed by atoms with Crippen molar-refractivity contribution in [1.82, 2.24) is 4.98 Å². The van der Waals surface area contributed by atoms with Gasteiger partial charge in [0, 0.05) is 11.8 Å². The fourth-order valence-electron chi connectivity index (χ4n) is 1.29. The van der Waals surface area contributed by atoms with Crippen molar-refractivity contribution in [3.63, 3.8) is 0 Å². The van der Waals surface area contributed by atoms with Crippen LogP contribution in [-0.2, 0) is 4.79 Å². The number of carboxylic acids is 1. The largest absolute Gasteiger partial charge is 0.481 e. The first-order valence-electron chi connectivity index (χ1n) is 4.96. The Hall–Kier alpha value is -2.09. The second-order valence-corrected chi connectivity index (χ2v) is 4.43. The maximum absolute atomic E-state index is 10.6. The summed E-state index contributed by atoms with van der Waals surface area (Å²) in [5, 5.41) is 19.4. The molecular formula is C10H8N2O5S. The minimum absolute atomic E-state index is 0.00351. The summed E-state index contributed by atoms with van der Waals surface area (Å²) in [6, 6.07) is 4.14. The van der Waals surface area contributed by atoms with E-state index < -0.39 is 10.9 Å². The average Bonchev–Trinajstić information content (AvgIpc) is 2.69. The number of benzene rings is 1. The number of carbonyl (C=O) groups is 1. The van der Waals surface area contributed by atoms with Crippen molar-refractivity contribution < 1.29 is 19.2 Å². The van der Waals surface area contributed by atoms with Gasteiger partial charge in [0.15, 0.2) is 5.58 Å². The van der Waals surface area contributed by atoms with E-state index in [0.717, 1.165) is 11.8 Å². The van der Waals surface area contributed by atoms with E-state index in [-0.39, 0.29) is 12.1 Å². The number of fused-ring (bicyclic) bond motifs is 1. The zero-order chi connectivity index (χ0) is 13.1. The van der Waals surface area contributed by atoms with Gasteiger partial charge in [0.1, 0.15) is 5.52 Å². The topological polar surface area (TPSA) is 106 Å². The second kappa shape index (κ2) is 5.05. The highest BCUT2D eigenvalue weighted by atomic mass is 32.2. The van der Waals surface area contributed by atoms with Crippen LogP contribution in [0.1, 0.15) is 6.42 Å². The van der Waals surface area contributed by atoms with Gasteiger partial charge in [0.05, 0.1) is 17.4 Å². The summed E-state index contributed by atoms with van der Waals surface area (Å²) >= 11 is 1.16. The first kappa shape index (κ1) is 12.4. The van der Waals surface area contributed by atoms with Crippen LogP contribution in [0.3, 0.4) is 0 Å². The molecule has 0 amide bonds. The summed E-state index contributed by atoms with van der Waals surface area (Å²) in [7, 11) is 0. The summed E-state index contributed by atoms with van der Waals surface area (Å²) < 4.78 is 5.30. The van der Waals surface area contributed by atoms with Crippen molar-refractivity contribution in [1.29, 1.82) is 0 Å². The zero-order valence-corrected chi connectivity index (χ0v) is 9.85. The van der Waals surface area contributed by atoms with E-state index in [2.05, 4.69) is 4.98 Å². The highest BCUT2D eigenvalue weighted by molar-refractivity contribution is 7.99. The smallest absolute Gasteiger partial charge is 0.304 e. The minimum atomic E-state index is -0.894. The molecule has 1 aromatic carbocycles. The van der Waals surface area contributed by atoms with Crippen molar-refractivity contribution in [3.05, 3.63) is 28.3 Å². The van der Waals surface area contributed by atoms with Gasteiger partial charge in [-0.15, -0.1) is 0 Å². The fourth-order valence-corrected chi connectivity index (χ4v) is 2.06. The van der Waals surface area contributed by atoms with Crippen LogP contribution in [0, 0.1) is 10.1 Å². The molecule has 2 aromatic rings. The van der Waals surface area contributed by atoms with Crippen LogP contribution in [-0.4, -0.2) is 26.7 Å². The van der Waals surface area contributed by atoms with Crippen molar-refractivity contribution in [2.45, 2.75) is 11.6 Å². The van der Waals surface area contributed by atoms with Crippen LogP contribution < -0.4 is 0 Å². The van der Waals surface area contributed by atoms with Gasteiger partial charge in [-0.3, -0.25) is 14.9 Å². The maximum Gasteiger partial charge on any atom is 0.304 e. The lowest BCUT2D eigenvalue weighted by atomic mass is 10.3. The van der Waals surface area contributed by atoms with Crippen molar-refractivity contribution in [2.24, 2.45) is 0 Å². The van der Waals surface area contributed by atoms with Crippen LogP contribution in [0.25, 0.3) is 11.1 Å². The number of hydrogen-bond donors (Lipinski definition) is 1. The Balaban J connectivity index is 2.16. The van der Waals surface area contributed by atoms with Gasteiger partial charge in [-0.25, -0.2) is 4.98 Å². The number of thioether (sulfide) groups is 1. The Morgan fingerprint density at radius 3 is 3.00 bits per heavy atom. The van der Waals surface area contributed by atoms with Crippen LogP contribution in [0.2, 0.25) is 0 Å². The molecule has 0 saturated heterocycles. The lowest BCUT2D eigenvalue weighted by Gasteiger charge is -1.91. The molecule has 0 unspecified atom stereocenters. The van der Waals surface area contributed by atoms with E-state index in [1.807, 2.05) is 0 Å². The predicted molar refractivity (Wildman–Crippen MR) is 63.6 cm³/mol. The molecule has 0 aliphatic carbocycles. The number of nitrogens with zero attached hydrogens (tertiary/aromatic N) is 2. The van der Waals surface area contributed by atoms with Gasteiger partial charge < -0.3 is 9.52 Å². The molecule has 8 heteroatoms. The third-order valence-electron chi connectivity index (χ3n) is 2.10. The number of carboxylic acid groups (broad SMARTS) is 1. The first-order valence-corrected chi connectivity index (χ1v) is 5.94. The Bertz CT molecular complexity index is 609. The number of rotatable bonds is 5. The third-order valence-corrected chi connectivity index (χ3v) is 2.93. The number of aromatic nitrogens is 1. The maximum atomic E-state index is 10.6. The van der Waals surface area contributed by atoms with E-state index in [1.54, 1.807) is 0 Å². The van der Waals surface area contributed by atoms with E-state index >= 15 is 0 Å². The monoisotopic (exact) mass is 268 g/mol. The Morgan fingerprint density at radius 1 is 1.56 bits per heavy atom. The van der Waals surface area contributed by atoms with Crippen molar-refractivity contribution in [2.75, 3.05) is 5.75 Å². The number of oxazole rings is 1. The summed E-state index contributed by atoms with van der Waals surface area (Å²) in [5.41, 5.74) is 0.765. The number of nitro groups is 1. The quantitative estimate of drug-likeness (QED) is 0.503. The molecule has 18 heavy (non-hydrogen) atoms. The molecule has 0 aliphatic rings. The number of non-ortho nitro benzene ring substituents is 1. The molecule has 1 aromatic heterocycles. The van der Waals surface area contributed by atoms with Crippen LogP contribution >= 0.6 is 11.8 Å². The van der Waals surface area contributed by atoms with Crippen LogP contribution in [0.4, 0.5) is 5.69 Å². The van der Waals surface area contributed by atoms with Gasteiger partial charge >= 0.3 is 5.97 Å². The lowest BCUT2D eigenvalue weighted by Crippen LogP contribution is -1.95. The van der Waals surface area contributed by atoms with Gasteiger partial charge in [0.2, 0.25) is 0 Å². The molecule has 0 aliphatic heterocycles. The van der Waals surface area contributed by atoms with E-state index in [0.29, 0.717) is 22.1 Å². The highest BCUT2D eigenvalue weighted by Crippen LogP contribution is 2.26. The Morgan fingerprint density at radius 2 is 2.33 bits per heavy atom. The average molecular weight is 268 g/mol. The molecular weight excluding hydrogens is 260 g/mol. The molecule has 1 N–H and O–H groups in total. The number of hydrogen-bond acceptors (Lipinski definition) is 6. The molecule has 0 spiro atoms. The predicted octanol–water partition coefficient (Wildman–Crippen LogP) is 2.30. The summed E-state index contributed by atoms with van der Waals surface area (Å²) in [6.45, 7) is 0. The fraction of sp³-hybridized carbons (Fsp3) is 0.200. The summed E-state index contributed by atoms with van der Waals surface area (Å²) in [4.78, 5) is 24.5. The van der Waals surface area contributed by atoms with E-state index in [9.17, 15) is 14.9 Å². The molecule has 0 bridgehead atoms. The SMILES string of the molecule is O=C(O)CCSc1nc2ccc([N+](=O)[O-])cc2o1. The molecule has 0 atom stereocenters. The van der Waals surface area contributed by atoms with Gasteiger partial charge in [-0.2, -0.15) is 0 Å². The second-order valence-electron chi connectivity index (χ2n) is 3.38. The number of aliphatic carboxylic acids is 1. The highest BCUT2D eigenvalue weighted by Gasteiger charge is 2.12. The first-order chi connectivity index (χ1) is 8.56. The minimum Gasteiger partial charge on any atom is -0.481 e. The zero-order valence-electron chi connectivity index (χ0n) is 9.03. The summed E-state index contributed by atoms with van der Waals surface area (Å²) in [6.07, 6.45) is 0.00351.